The van der Waals surface area contributed by atoms with Crippen LogP contribution in [-0.4, -0.2) is 44.7 Å². The number of carbonyl (C=O) groups excluding carboxylic acids is 2. The van der Waals surface area contributed by atoms with Crippen molar-refractivity contribution in [2.75, 3.05) is 23.0 Å². The van der Waals surface area contributed by atoms with E-state index >= 15 is 0 Å². The molecule has 3 rings (SSSR count). The van der Waals surface area contributed by atoms with E-state index in [4.69, 9.17) is 17.2 Å². The molecule has 6 N–H and O–H groups in total. The normalized spacial score (nSPS) is 21.9. The molecule has 1 saturated heterocycles. The number of fused-ring (bicyclic) bond motifs is 1. The molecule has 2 aliphatic heterocycles. The van der Waals surface area contributed by atoms with Crippen molar-refractivity contribution >= 4 is 47.0 Å². The predicted octanol–water partition coefficient (Wildman–Crippen LogP) is -1.55. The van der Waals surface area contributed by atoms with Gasteiger partial charge in [-0.05, 0) is 30.7 Å². The largest absolute Gasteiger partial charge is 0.543 e. The van der Waals surface area contributed by atoms with Crippen molar-refractivity contribution < 1.29 is 19.3 Å². The van der Waals surface area contributed by atoms with Crippen LogP contribution in [0.4, 0.5) is 11.6 Å². The van der Waals surface area contributed by atoms with E-state index < -0.39 is 17.9 Å². The maximum atomic E-state index is 12.0. The number of carboxylic acid groups (broad SMARTS) is 1. The number of nitrogens with two attached hydrogens (primary N) is 3. The molecule has 11 heteroatoms. The highest BCUT2D eigenvalue weighted by Crippen LogP contribution is 2.40. The molecule has 0 spiro atoms. The summed E-state index contributed by atoms with van der Waals surface area (Å²) in [4.78, 5) is 29.3. The summed E-state index contributed by atoms with van der Waals surface area (Å²) >= 11 is 2.79. The molecule has 1 aromatic rings. The summed E-state index contributed by atoms with van der Waals surface area (Å²) in [6.07, 6.45) is 0.672. The number of aromatic nitrogens is 2. The van der Waals surface area contributed by atoms with Gasteiger partial charge in [-0.15, -0.1) is 11.8 Å². The average molecular weight is 411 g/mol. The number of hydrogen-bond donors (Lipinski definition) is 3. The number of nitrogen functional groups attached to an aromatic ring is 2. The molecule has 9 nitrogen and oxygen atoms in total. The van der Waals surface area contributed by atoms with Crippen LogP contribution in [0.25, 0.3) is 0 Å². The summed E-state index contributed by atoms with van der Waals surface area (Å²) < 4.78 is 1.85. The lowest BCUT2D eigenvalue weighted by Crippen LogP contribution is -2.69. The fourth-order valence-corrected chi connectivity index (χ4v) is 5.75. The molecular weight excluding hydrogens is 388 g/mol. The third kappa shape index (κ3) is 3.23. The van der Waals surface area contributed by atoms with E-state index in [1.54, 1.807) is 0 Å². The Bertz CT molecular complexity index is 844. The van der Waals surface area contributed by atoms with Gasteiger partial charge in [-0.25, -0.2) is 4.57 Å². The molecule has 0 bridgehead atoms. The van der Waals surface area contributed by atoms with Crippen molar-refractivity contribution in [2.45, 2.75) is 43.4 Å². The van der Waals surface area contributed by atoms with Crippen LogP contribution in [0.1, 0.15) is 19.4 Å². The minimum absolute atomic E-state index is 0.0767. The molecule has 1 unspecified atom stereocenters. The monoisotopic (exact) mass is 410 g/mol. The molecule has 0 saturated carbocycles. The first-order chi connectivity index (χ1) is 12.8. The van der Waals surface area contributed by atoms with Crippen molar-refractivity contribution in [3.8, 4) is 0 Å². The second-order valence-electron chi connectivity index (χ2n) is 6.21. The van der Waals surface area contributed by atoms with Crippen LogP contribution >= 0.6 is 23.5 Å². The van der Waals surface area contributed by atoms with E-state index in [1.165, 1.54) is 28.4 Å². The third-order valence-electron chi connectivity index (χ3n) is 4.68. The summed E-state index contributed by atoms with van der Waals surface area (Å²) in [6.45, 7) is 4.51. The Morgan fingerprint density at radius 1 is 1.44 bits per heavy atom. The molecule has 1 aromatic heterocycles. The van der Waals surface area contributed by atoms with Crippen molar-refractivity contribution in [1.82, 2.24) is 9.88 Å². The number of anilines is 2. The highest BCUT2D eigenvalue weighted by atomic mass is 32.2. The molecule has 1 fully saturated rings. The van der Waals surface area contributed by atoms with E-state index in [9.17, 15) is 14.7 Å². The van der Waals surface area contributed by atoms with E-state index in [0.717, 1.165) is 5.56 Å². The molecule has 146 valence electrons. The Kier molecular flexibility index (Phi) is 5.54. The lowest BCUT2D eigenvalue weighted by atomic mass is 10.0. The first kappa shape index (κ1) is 19.8. The average Bonchev–Trinajstić information content (AvgIpc) is 2.64. The van der Waals surface area contributed by atoms with Crippen molar-refractivity contribution in [2.24, 2.45) is 5.73 Å². The molecular formula is C16H22N6O3S2. The van der Waals surface area contributed by atoms with E-state index in [0.29, 0.717) is 46.8 Å². The molecule has 1 amide bonds. The fourth-order valence-electron chi connectivity index (χ4n) is 3.24. The lowest BCUT2D eigenvalue weighted by molar-refractivity contribution is -0.720. The Labute approximate surface area is 165 Å². The Morgan fingerprint density at radius 3 is 2.74 bits per heavy atom. The van der Waals surface area contributed by atoms with Crippen LogP contribution in [-0.2, 0) is 22.6 Å². The SMILES string of the molecule is CCc1c(N)nc(SCC2=C(C(=O)[O-])N3C(=O)C(N)[C@H]3SC2)[n+](CC)c1N. The van der Waals surface area contributed by atoms with Crippen molar-refractivity contribution in [3.63, 3.8) is 0 Å². The highest BCUT2D eigenvalue weighted by molar-refractivity contribution is 8.01. The van der Waals surface area contributed by atoms with Gasteiger partial charge in [0.25, 0.3) is 0 Å². The number of thioether (sulfide) groups is 2. The highest BCUT2D eigenvalue weighted by Gasteiger charge is 2.50. The zero-order chi connectivity index (χ0) is 19.9. The number of β-lactam (4-membered cyclic amide) rings is 1. The van der Waals surface area contributed by atoms with Crippen LogP contribution in [0, 0.1) is 0 Å². The van der Waals surface area contributed by atoms with Gasteiger partial charge in [0.05, 0.1) is 23.8 Å². The van der Waals surface area contributed by atoms with Gasteiger partial charge < -0.3 is 27.1 Å². The standard InChI is InChI=1S/C16H22N6O3S2/c1-3-8-11(18)20-16(21(4-2)12(8)19)27-6-7-5-26-14-9(17)13(23)22(14)10(7)15(24)25/h9,14H,3-6,17H2,1-2H3,(H4,18,19,24,25)/t9?,14-/m1/s1. The lowest BCUT2D eigenvalue weighted by Gasteiger charge is -2.49. The molecule has 3 heterocycles. The van der Waals surface area contributed by atoms with Gasteiger partial charge in [-0.3, -0.25) is 9.69 Å². The minimum Gasteiger partial charge on any atom is -0.543 e. The number of carbonyl (C=O) groups is 2. The summed E-state index contributed by atoms with van der Waals surface area (Å²) in [5, 5.41) is 11.9. The topological polar surface area (TPSA) is 155 Å². The smallest absolute Gasteiger partial charge is 0.301 e. The van der Waals surface area contributed by atoms with Crippen LogP contribution in [0.5, 0.6) is 0 Å². The molecule has 2 atom stereocenters. The maximum Gasteiger partial charge on any atom is 0.301 e. The van der Waals surface area contributed by atoms with Crippen LogP contribution in [0.2, 0.25) is 0 Å². The fraction of sp³-hybridized carbons (Fsp3) is 0.500. The second-order valence-corrected chi connectivity index (χ2v) is 8.25. The maximum absolute atomic E-state index is 12.0. The van der Waals surface area contributed by atoms with E-state index in [-0.39, 0.29) is 11.1 Å². The quantitative estimate of drug-likeness (QED) is 0.219. The molecule has 2 aliphatic rings. The number of aliphatic carboxylic acids is 1. The van der Waals surface area contributed by atoms with Gasteiger partial charge in [0.2, 0.25) is 17.5 Å². The van der Waals surface area contributed by atoms with Crippen LogP contribution in [0.3, 0.4) is 0 Å². The Hall–Kier alpha value is -1.98. The molecule has 27 heavy (non-hydrogen) atoms. The number of amides is 1. The number of carboxylic acids is 1. The summed E-state index contributed by atoms with van der Waals surface area (Å²) in [5.41, 5.74) is 19.3. The number of rotatable bonds is 6. The van der Waals surface area contributed by atoms with Gasteiger partial charge in [0.15, 0.2) is 0 Å². The van der Waals surface area contributed by atoms with Crippen LogP contribution < -0.4 is 26.9 Å². The predicted molar refractivity (Wildman–Crippen MR) is 102 cm³/mol. The number of hydrogen-bond acceptors (Lipinski definition) is 9. The van der Waals surface area contributed by atoms with Crippen LogP contribution in [0.15, 0.2) is 16.4 Å². The Morgan fingerprint density at radius 2 is 2.15 bits per heavy atom. The van der Waals surface area contributed by atoms with Crippen molar-refractivity contribution in [1.29, 1.82) is 0 Å². The molecule has 0 aromatic carbocycles. The first-order valence-electron chi connectivity index (χ1n) is 8.55. The van der Waals surface area contributed by atoms with Gasteiger partial charge in [-0.1, -0.05) is 11.9 Å². The minimum atomic E-state index is -1.37. The summed E-state index contributed by atoms with van der Waals surface area (Å²) in [6, 6.07) is -0.663. The Balaban J connectivity index is 1.90. The second kappa shape index (κ2) is 7.56. The van der Waals surface area contributed by atoms with Crippen molar-refractivity contribution in [3.05, 3.63) is 16.8 Å². The summed E-state index contributed by atoms with van der Waals surface area (Å²) in [7, 11) is 0. The molecule has 0 radical (unpaired) electrons. The van der Waals surface area contributed by atoms with Gasteiger partial charge in [0.1, 0.15) is 11.4 Å². The zero-order valence-electron chi connectivity index (χ0n) is 15.1. The van der Waals surface area contributed by atoms with E-state index in [2.05, 4.69) is 4.98 Å². The summed E-state index contributed by atoms with van der Waals surface area (Å²) in [5.74, 6) is -0.0317. The van der Waals surface area contributed by atoms with E-state index in [1.807, 2.05) is 18.4 Å². The first-order valence-corrected chi connectivity index (χ1v) is 10.6. The zero-order valence-corrected chi connectivity index (χ0v) is 16.7. The number of nitrogens with zero attached hydrogens (tertiary/aromatic N) is 3. The van der Waals surface area contributed by atoms with Gasteiger partial charge in [0, 0.05) is 11.5 Å². The van der Waals surface area contributed by atoms with Gasteiger partial charge >= 0.3 is 5.16 Å². The molecule has 0 aliphatic carbocycles. The third-order valence-corrected chi connectivity index (χ3v) is 7.11. The van der Waals surface area contributed by atoms with Gasteiger partial charge in [-0.2, -0.15) is 0 Å².